The molecule has 9 heteroatoms. The molecule has 0 radical (unpaired) electrons. The van der Waals surface area contributed by atoms with Crippen molar-refractivity contribution in [2.24, 2.45) is 17.8 Å². The highest BCUT2D eigenvalue weighted by Gasteiger charge is 2.79. The number of halogens is 1. The van der Waals surface area contributed by atoms with Gasteiger partial charge >= 0.3 is 0 Å². The van der Waals surface area contributed by atoms with Crippen LogP contribution in [0.4, 0.5) is 11.4 Å². The first-order valence-electron chi connectivity index (χ1n) is 13.7. The number of hydrogen-bond acceptors (Lipinski definition) is 5. The first-order chi connectivity index (χ1) is 18.6. The smallest absolute Gasteiger partial charge is 0.250 e. The van der Waals surface area contributed by atoms with E-state index in [0.29, 0.717) is 48.6 Å². The highest BCUT2D eigenvalue weighted by atomic mass is 35.5. The molecule has 2 aromatic carbocycles. The van der Waals surface area contributed by atoms with Crippen LogP contribution in [-0.2, 0) is 19.1 Å². The molecule has 2 aromatic rings. The number of fused-ring (bicyclic) bond motifs is 1. The van der Waals surface area contributed by atoms with Crippen molar-refractivity contribution in [1.29, 1.82) is 0 Å². The van der Waals surface area contributed by atoms with Crippen LogP contribution in [-0.4, -0.2) is 58.1 Å². The van der Waals surface area contributed by atoms with Gasteiger partial charge in [-0.2, -0.15) is 0 Å². The summed E-state index contributed by atoms with van der Waals surface area (Å²) in [5, 5.41) is 15.6. The molecule has 3 fully saturated rings. The Hall–Kier alpha value is -2.94. The number of aliphatic hydroxyl groups is 1. The number of nitrogens with zero attached hydrogens (tertiary/aromatic N) is 1. The van der Waals surface area contributed by atoms with E-state index in [1.165, 1.54) is 0 Å². The number of carbonyl (C=O) groups excluding carboxylic acids is 3. The molecule has 5 rings (SSSR count). The van der Waals surface area contributed by atoms with Crippen molar-refractivity contribution in [2.75, 3.05) is 23.8 Å². The molecule has 3 unspecified atom stereocenters. The van der Waals surface area contributed by atoms with E-state index < -0.39 is 29.1 Å². The fourth-order valence-corrected chi connectivity index (χ4v) is 7.24. The van der Waals surface area contributed by atoms with Crippen LogP contribution in [0.25, 0.3) is 0 Å². The lowest BCUT2D eigenvalue weighted by atomic mass is 9.62. The van der Waals surface area contributed by atoms with Gasteiger partial charge in [0.1, 0.15) is 11.6 Å². The SMILES string of the molecule is Cc1cccc(Cl)c1NC(=O)C1N(CCCCCO)C(=O)[C@@H]2[C@@H](C(=O)Nc3ccccc3)[C@]3(C)OC12CC3C. The zero-order valence-corrected chi connectivity index (χ0v) is 23.3. The number of likely N-dealkylation sites (tertiary alicyclic amines) is 1. The summed E-state index contributed by atoms with van der Waals surface area (Å²) in [5.74, 6) is -2.49. The summed E-state index contributed by atoms with van der Waals surface area (Å²) in [6.07, 6.45) is 2.43. The second-order valence-electron chi connectivity index (χ2n) is 11.3. The second-order valence-corrected chi connectivity index (χ2v) is 11.7. The van der Waals surface area contributed by atoms with Gasteiger partial charge in [-0.05, 0) is 69.2 Å². The van der Waals surface area contributed by atoms with Crippen LogP contribution in [0.5, 0.6) is 0 Å². The van der Waals surface area contributed by atoms with Crippen molar-refractivity contribution in [3.8, 4) is 0 Å². The lowest BCUT2D eigenvalue weighted by Crippen LogP contribution is -2.54. The van der Waals surface area contributed by atoms with E-state index >= 15 is 0 Å². The quantitative estimate of drug-likeness (QED) is 0.399. The molecule has 8 nitrogen and oxygen atoms in total. The minimum absolute atomic E-state index is 0.0558. The Labute approximate surface area is 234 Å². The van der Waals surface area contributed by atoms with Crippen LogP contribution in [0.3, 0.4) is 0 Å². The van der Waals surface area contributed by atoms with E-state index in [1.807, 2.05) is 51.1 Å². The Balaban J connectivity index is 1.52. The third-order valence-corrected chi connectivity index (χ3v) is 9.23. The molecule has 2 bridgehead atoms. The normalized spacial score (nSPS) is 30.9. The van der Waals surface area contributed by atoms with Crippen LogP contribution in [0.1, 0.15) is 45.1 Å². The lowest BCUT2D eigenvalue weighted by molar-refractivity contribution is -0.144. The number of aryl methyl sites for hydroxylation is 1. The lowest BCUT2D eigenvalue weighted by Gasteiger charge is -2.36. The number of nitrogens with one attached hydrogen (secondary N) is 2. The zero-order valence-electron chi connectivity index (χ0n) is 22.6. The fraction of sp³-hybridized carbons (Fsp3) is 0.500. The van der Waals surface area contributed by atoms with Crippen molar-refractivity contribution in [2.45, 2.75) is 63.7 Å². The molecule has 3 heterocycles. The third kappa shape index (κ3) is 4.52. The number of para-hydroxylation sites is 2. The number of carbonyl (C=O) groups is 3. The van der Waals surface area contributed by atoms with Gasteiger partial charge in [0.25, 0.3) is 0 Å². The Kier molecular flexibility index (Phi) is 7.48. The number of unbranched alkanes of at least 4 members (excludes halogenated alkanes) is 2. The number of hydrogen-bond donors (Lipinski definition) is 3. The van der Waals surface area contributed by atoms with Gasteiger partial charge in [-0.15, -0.1) is 0 Å². The van der Waals surface area contributed by atoms with Gasteiger partial charge in [0.05, 0.1) is 28.1 Å². The second kappa shape index (κ2) is 10.6. The average Bonchev–Trinajstić information content (AvgIpc) is 3.41. The third-order valence-electron chi connectivity index (χ3n) is 8.91. The molecule has 6 atom stereocenters. The molecule has 3 saturated heterocycles. The van der Waals surface area contributed by atoms with E-state index in [2.05, 4.69) is 10.6 Å². The maximum Gasteiger partial charge on any atom is 0.250 e. The van der Waals surface area contributed by atoms with Crippen molar-refractivity contribution < 1.29 is 24.2 Å². The van der Waals surface area contributed by atoms with Crippen LogP contribution in [0.15, 0.2) is 48.5 Å². The standard InChI is InChI=1S/C30H36ClN3O5/c1-18-11-10-14-21(31)24(18)33-27(37)25-30-17-19(2)29(3,39-30)22(26(36)32-20-12-6-4-7-13-20)23(30)28(38)34(25)15-8-5-9-16-35/h4,6-7,10-14,19,22-23,25,35H,5,8-9,15-17H2,1-3H3,(H,32,36)(H,33,37)/t19?,22-,23-,25?,29+,30?/m0/s1. The minimum atomic E-state index is -1.14. The summed E-state index contributed by atoms with van der Waals surface area (Å²) < 4.78 is 6.76. The molecule has 3 N–H and O–H groups in total. The summed E-state index contributed by atoms with van der Waals surface area (Å²) in [7, 11) is 0. The van der Waals surface area contributed by atoms with Crippen molar-refractivity contribution in [3.63, 3.8) is 0 Å². The summed E-state index contributed by atoms with van der Waals surface area (Å²) in [6.45, 7) is 6.18. The van der Waals surface area contributed by atoms with Gasteiger partial charge in [0, 0.05) is 18.8 Å². The number of rotatable bonds is 9. The summed E-state index contributed by atoms with van der Waals surface area (Å²) >= 11 is 6.44. The van der Waals surface area contributed by atoms with Crippen LogP contribution in [0, 0.1) is 24.7 Å². The Morgan fingerprint density at radius 1 is 1.08 bits per heavy atom. The molecule has 0 aromatic heterocycles. The Morgan fingerprint density at radius 3 is 2.51 bits per heavy atom. The summed E-state index contributed by atoms with van der Waals surface area (Å²) in [4.78, 5) is 43.6. The highest BCUT2D eigenvalue weighted by Crippen LogP contribution is 2.65. The van der Waals surface area contributed by atoms with Crippen LogP contribution >= 0.6 is 11.6 Å². The van der Waals surface area contributed by atoms with Gasteiger partial charge < -0.3 is 25.4 Å². The minimum Gasteiger partial charge on any atom is -0.396 e. The van der Waals surface area contributed by atoms with E-state index in [0.717, 1.165) is 5.56 Å². The molecule has 0 aliphatic carbocycles. The molecule has 3 aliphatic heterocycles. The fourth-order valence-electron chi connectivity index (χ4n) is 6.97. The number of anilines is 2. The number of benzene rings is 2. The first kappa shape index (κ1) is 27.6. The average molecular weight is 554 g/mol. The predicted molar refractivity (Wildman–Crippen MR) is 149 cm³/mol. The molecule has 39 heavy (non-hydrogen) atoms. The maximum atomic E-state index is 14.2. The maximum absolute atomic E-state index is 14.2. The molecule has 208 valence electrons. The van der Waals surface area contributed by atoms with Gasteiger partial charge in [-0.1, -0.05) is 48.9 Å². The molecule has 1 spiro atoms. The number of aliphatic hydroxyl groups excluding tert-OH is 1. The van der Waals surface area contributed by atoms with Crippen molar-refractivity contribution in [1.82, 2.24) is 4.90 Å². The molecule has 3 amide bonds. The molecular formula is C30H36ClN3O5. The van der Waals surface area contributed by atoms with Crippen molar-refractivity contribution >= 4 is 40.7 Å². The number of amides is 3. The van der Waals surface area contributed by atoms with Crippen LogP contribution in [0.2, 0.25) is 5.02 Å². The largest absolute Gasteiger partial charge is 0.396 e. The summed E-state index contributed by atoms with van der Waals surface area (Å²) in [5.41, 5.74) is -0.0886. The Bertz CT molecular complexity index is 1250. The zero-order chi connectivity index (χ0) is 27.9. The molecular weight excluding hydrogens is 518 g/mol. The van der Waals surface area contributed by atoms with Gasteiger partial charge in [0.15, 0.2) is 0 Å². The summed E-state index contributed by atoms with van der Waals surface area (Å²) in [6, 6.07) is 13.6. The van der Waals surface area contributed by atoms with Gasteiger partial charge in [-0.25, -0.2) is 0 Å². The predicted octanol–water partition coefficient (Wildman–Crippen LogP) is 4.40. The number of ether oxygens (including phenoxy) is 1. The highest BCUT2D eigenvalue weighted by molar-refractivity contribution is 6.34. The van der Waals surface area contributed by atoms with E-state index in [1.54, 1.807) is 23.1 Å². The van der Waals surface area contributed by atoms with E-state index in [4.69, 9.17) is 16.3 Å². The van der Waals surface area contributed by atoms with Crippen LogP contribution < -0.4 is 10.6 Å². The topological polar surface area (TPSA) is 108 Å². The first-order valence-corrected chi connectivity index (χ1v) is 14.0. The van der Waals surface area contributed by atoms with E-state index in [-0.39, 0.29) is 30.2 Å². The molecule has 3 aliphatic rings. The monoisotopic (exact) mass is 553 g/mol. The van der Waals surface area contributed by atoms with Gasteiger partial charge in [0.2, 0.25) is 17.7 Å². The van der Waals surface area contributed by atoms with E-state index in [9.17, 15) is 19.5 Å². The van der Waals surface area contributed by atoms with Gasteiger partial charge in [-0.3, -0.25) is 14.4 Å². The van der Waals surface area contributed by atoms with Crippen molar-refractivity contribution in [3.05, 3.63) is 59.1 Å². The molecule has 0 saturated carbocycles. The Morgan fingerprint density at radius 2 is 1.82 bits per heavy atom.